The van der Waals surface area contributed by atoms with E-state index in [0.29, 0.717) is 23.9 Å². The summed E-state index contributed by atoms with van der Waals surface area (Å²) in [5.74, 6) is -0.725. The summed E-state index contributed by atoms with van der Waals surface area (Å²) in [5, 5.41) is 15.3. The number of hydrogen-bond donors (Lipinski definition) is 4. The van der Waals surface area contributed by atoms with Gasteiger partial charge in [0.1, 0.15) is 6.04 Å². The Morgan fingerprint density at radius 3 is 2.34 bits per heavy atom. The number of benzene rings is 3. The molecule has 3 aromatic carbocycles. The monoisotopic (exact) mass is 451 g/mol. The second kappa shape index (κ2) is 11.3. The molecule has 0 heterocycles. The largest absolute Gasteiger partial charge is 0.473 e. The van der Waals surface area contributed by atoms with Gasteiger partial charge in [-0.05, 0) is 41.6 Å². The number of nitrogens with two attached hydrogens (primary N) is 1. The van der Waals surface area contributed by atoms with Crippen molar-refractivity contribution < 1.29 is 19.5 Å². The molecule has 166 valence electrons. The Kier molecular flexibility index (Phi) is 8.24. The van der Waals surface area contributed by atoms with Crippen LogP contribution in [0.4, 0.5) is 10.5 Å². The molecule has 0 aliphatic heterocycles. The van der Waals surface area contributed by atoms with E-state index < -0.39 is 29.2 Å². The molecule has 8 heteroatoms. The predicted octanol–water partition coefficient (Wildman–Crippen LogP) is 3.63. The fraction of sp³-hybridized carbons (Fsp3) is 0.208. The Balaban J connectivity index is 1.71. The molecule has 2 amide bonds. The molecule has 0 spiro atoms. The van der Waals surface area contributed by atoms with Crippen molar-refractivity contribution in [2.75, 3.05) is 11.1 Å². The highest BCUT2D eigenvalue weighted by atomic mass is 32.2. The zero-order valence-corrected chi connectivity index (χ0v) is 18.2. The minimum absolute atomic E-state index is 0.150. The number of carbonyl (C=O) groups excluding carboxylic acids is 2. The third kappa shape index (κ3) is 6.57. The van der Waals surface area contributed by atoms with Gasteiger partial charge in [0.2, 0.25) is 11.8 Å². The number of carbonyl (C=O) groups is 3. The molecule has 0 aliphatic carbocycles. The van der Waals surface area contributed by atoms with E-state index in [4.69, 9.17) is 10.8 Å². The van der Waals surface area contributed by atoms with Crippen molar-refractivity contribution in [3.8, 4) is 0 Å². The van der Waals surface area contributed by atoms with E-state index in [0.717, 1.165) is 16.3 Å². The van der Waals surface area contributed by atoms with Crippen molar-refractivity contribution in [2.45, 2.75) is 24.9 Å². The summed E-state index contributed by atoms with van der Waals surface area (Å²) in [5.41, 5.74) is 7.59. The van der Waals surface area contributed by atoms with Crippen LogP contribution in [0.15, 0.2) is 72.8 Å². The van der Waals surface area contributed by atoms with Crippen LogP contribution in [-0.2, 0) is 16.0 Å². The summed E-state index contributed by atoms with van der Waals surface area (Å²) in [6.45, 7) is 0. The van der Waals surface area contributed by atoms with Crippen LogP contribution in [0.2, 0.25) is 0 Å². The van der Waals surface area contributed by atoms with E-state index >= 15 is 0 Å². The van der Waals surface area contributed by atoms with E-state index in [1.807, 2.05) is 66.7 Å². The van der Waals surface area contributed by atoms with Crippen LogP contribution in [0.25, 0.3) is 10.8 Å². The van der Waals surface area contributed by atoms with Crippen LogP contribution in [0.3, 0.4) is 0 Å². The number of carboxylic acid groups (broad SMARTS) is 1. The number of rotatable bonds is 9. The van der Waals surface area contributed by atoms with E-state index in [1.165, 1.54) is 0 Å². The smallest absolute Gasteiger partial charge is 0.364 e. The standard InChI is InChI=1S/C24H25N3O4S/c25-19(15-16-7-2-1-3-8-16)22(28)27-21(13-14-32-24(30)31)23(29)26-20-12-6-10-17-9-4-5-11-18(17)20/h1-12,19,21H,13-15,25H2,(H,26,29)(H,27,28)(H,30,31)/t19-,21-/m0/s1. The zero-order valence-electron chi connectivity index (χ0n) is 17.4. The van der Waals surface area contributed by atoms with Gasteiger partial charge in [-0.3, -0.25) is 9.59 Å². The molecule has 2 atom stereocenters. The Morgan fingerprint density at radius 1 is 0.906 bits per heavy atom. The molecule has 0 radical (unpaired) electrons. The molecular formula is C24H25N3O4S. The van der Waals surface area contributed by atoms with E-state index in [-0.39, 0.29) is 12.2 Å². The van der Waals surface area contributed by atoms with Crippen LogP contribution in [0.5, 0.6) is 0 Å². The van der Waals surface area contributed by atoms with Crippen LogP contribution >= 0.6 is 11.8 Å². The molecule has 3 aromatic rings. The van der Waals surface area contributed by atoms with Crippen molar-refractivity contribution in [1.29, 1.82) is 0 Å². The first-order valence-corrected chi connectivity index (χ1v) is 11.2. The SMILES string of the molecule is N[C@@H](Cc1ccccc1)C(=O)N[C@@H](CCSC(=O)O)C(=O)Nc1cccc2ccccc12. The summed E-state index contributed by atoms with van der Waals surface area (Å²) in [6.07, 6.45) is 0.478. The maximum Gasteiger partial charge on any atom is 0.364 e. The van der Waals surface area contributed by atoms with Gasteiger partial charge in [-0.15, -0.1) is 0 Å². The average Bonchev–Trinajstić information content (AvgIpc) is 2.79. The van der Waals surface area contributed by atoms with Crippen LogP contribution < -0.4 is 16.4 Å². The predicted molar refractivity (Wildman–Crippen MR) is 128 cm³/mol. The lowest BCUT2D eigenvalue weighted by molar-refractivity contribution is -0.127. The Bertz CT molecular complexity index is 1090. The lowest BCUT2D eigenvalue weighted by atomic mass is 10.1. The molecule has 7 nitrogen and oxygen atoms in total. The molecule has 0 aromatic heterocycles. The summed E-state index contributed by atoms with van der Waals surface area (Å²) in [4.78, 5) is 36.6. The molecule has 0 bridgehead atoms. The van der Waals surface area contributed by atoms with Gasteiger partial charge in [0.25, 0.3) is 0 Å². The van der Waals surface area contributed by atoms with E-state index in [1.54, 1.807) is 6.07 Å². The Labute approximate surface area is 190 Å². The van der Waals surface area contributed by atoms with Gasteiger partial charge in [0.05, 0.1) is 6.04 Å². The third-order valence-corrected chi connectivity index (χ3v) is 5.63. The highest BCUT2D eigenvalue weighted by Gasteiger charge is 2.24. The highest BCUT2D eigenvalue weighted by Crippen LogP contribution is 2.23. The van der Waals surface area contributed by atoms with Crippen molar-refractivity contribution in [3.63, 3.8) is 0 Å². The van der Waals surface area contributed by atoms with Gasteiger partial charge in [0.15, 0.2) is 0 Å². The lowest BCUT2D eigenvalue weighted by Crippen LogP contribution is -2.50. The van der Waals surface area contributed by atoms with Gasteiger partial charge in [-0.1, -0.05) is 66.7 Å². The Morgan fingerprint density at radius 2 is 1.59 bits per heavy atom. The number of amides is 2. The summed E-state index contributed by atoms with van der Waals surface area (Å²) in [6, 6.07) is 20.8. The zero-order chi connectivity index (χ0) is 22.9. The first kappa shape index (κ1) is 23.3. The summed E-state index contributed by atoms with van der Waals surface area (Å²) >= 11 is 0.678. The summed E-state index contributed by atoms with van der Waals surface area (Å²) in [7, 11) is 0. The first-order chi connectivity index (χ1) is 15.4. The van der Waals surface area contributed by atoms with E-state index in [9.17, 15) is 14.4 Å². The molecule has 0 fully saturated rings. The van der Waals surface area contributed by atoms with Crippen molar-refractivity contribution in [3.05, 3.63) is 78.4 Å². The topological polar surface area (TPSA) is 122 Å². The van der Waals surface area contributed by atoms with Crippen molar-refractivity contribution in [2.24, 2.45) is 5.73 Å². The quantitative estimate of drug-likeness (QED) is 0.394. The molecular weight excluding hydrogens is 426 g/mol. The van der Waals surface area contributed by atoms with Gasteiger partial charge >= 0.3 is 5.30 Å². The van der Waals surface area contributed by atoms with Crippen LogP contribution in [-0.4, -0.2) is 40.1 Å². The molecule has 0 aliphatic rings. The maximum absolute atomic E-state index is 13.0. The normalized spacial score (nSPS) is 12.7. The van der Waals surface area contributed by atoms with Crippen molar-refractivity contribution >= 4 is 45.3 Å². The second-order valence-electron chi connectivity index (χ2n) is 7.28. The highest BCUT2D eigenvalue weighted by molar-refractivity contribution is 8.13. The average molecular weight is 452 g/mol. The molecule has 32 heavy (non-hydrogen) atoms. The van der Waals surface area contributed by atoms with Crippen molar-refractivity contribution in [1.82, 2.24) is 5.32 Å². The van der Waals surface area contributed by atoms with Crippen LogP contribution in [0.1, 0.15) is 12.0 Å². The van der Waals surface area contributed by atoms with Gasteiger partial charge in [-0.25, -0.2) is 4.79 Å². The van der Waals surface area contributed by atoms with E-state index in [2.05, 4.69) is 10.6 Å². The van der Waals surface area contributed by atoms with Gasteiger partial charge in [0, 0.05) is 16.8 Å². The number of fused-ring (bicyclic) bond motifs is 1. The molecule has 3 rings (SSSR count). The minimum atomic E-state index is -1.04. The first-order valence-electron chi connectivity index (χ1n) is 10.2. The molecule has 0 saturated heterocycles. The van der Waals surface area contributed by atoms with Gasteiger partial charge < -0.3 is 21.5 Å². The number of nitrogens with one attached hydrogen (secondary N) is 2. The number of anilines is 1. The number of hydrogen-bond acceptors (Lipinski definition) is 5. The Hall–Kier alpha value is -3.36. The number of thioether (sulfide) groups is 1. The maximum atomic E-state index is 13.0. The molecule has 5 N–H and O–H groups in total. The van der Waals surface area contributed by atoms with Gasteiger partial charge in [-0.2, -0.15) is 0 Å². The second-order valence-corrected chi connectivity index (χ2v) is 8.32. The molecule has 0 saturated carbocycles. The fourth-order valence-electron chi connectivity index (χ4n) is 3.33. The molecule has 0 unspecified atom stereocenters. The lowest BCUT2D eigenvalue weighted by Gasteiger charge is -2.21. The third-order valence-electron chi connectivity index (χ3n) is 4.95. The summed E-state index contributed by atoms with van der Waals surface area (Å²) < 4.78 is 0. The van der Waals surface area contributed by atoms with Crippen LogP contribution in [0, 0.1) is 0 Å². The minimum Gasteiger partial charge on any atom is -0.473 e. The fourth-order valence-corrected chi connectivity index (χ4v) is 3.85.